The topological polar surface area (TPSA) is 94.1 Å². The maximum absolute atomic E-state index is 12.9. The number of carbonyl (C=O) groups excluding carboxylic acids is 1. The quantitative estimate of drug-likeness (QED) is 0.525. The van der Waals surface area contributed by atoms with Gasteiger partial charge in [0.15, 0.2) is 17.3 Å². The summed E-state index contributed by atoms with van der Waals surface area (Å²) in [6.07, 6.45) is 6.54. The van der Waals surface area contributed by atoms with Crippen LogP contribution >= 0.6 is 11.6 Å². The van der Waals surface area contributed by atoms with Crippen LogP contribution in [0.5, 0.6) is 0 Å². The smallest absolute Gasteiger partial charge is 0.274 e. The van der Waals surface area contributed by atoms with E-state index in [4.69, 9.17) is 11.6 Å². The normalized spacial score (nSPS) is 13.7. The number of nitrogens with zero attached hydrogens (tertiary/aromatic N) is 8. The lowest BCUT2D eigenvalue weighted by molar-refractivity contribution is 0.0701. The first-order valence-electron chi connectivity index (χ1n) is 8.31. The summed E-state index contributed by atoms with van der Waals surface area (Å²) in [7, 11) is 0. The Bertz CT molecular complexity index is 1150. The molecule has 0 fully saturated rings. The van der Waals surface area contributed by atoms with Gasteiger partial charge in [0.25, 0.3) is 5.91 Å². The lowest BCUT2D eigenvalue weighted by atomic mass is 10.2. The molecule has 1 aliphatic heterocycles. The van der Waals surface area contributed by atoms with Crippen LogP contribution in [0.2, 0.25) is 5.02 Å². The van der Waals surface area contributed by atoms with Gasteiger partial charge in [0.05, 0.1) is 22.6 Å². The maximum Gasteiger partial charge on any atom is 0.274 e. The van der Waals surface area contributed by atoms with Crippen molar-refractivity contribution < 1.29 is 4.79 Å². The Morgan fingerprint density at radius 1 is 1.11 bits per heavy atom. The number of rotatable bonds is 2. The summed E-state index contributed by atoms with van der Waals surface area (Å²) in [5, 5.41) is 13.4. The number of hydrogen-bond donors (Lipinski definition) is 0. The van der Waals surface area contributed by atoms with E-state index in [1.807, 2.05) is 10.6 Å². The fourth-order valence-electron chi connectivity index (χ4n) is 3.19. The zero-order valence-electron chi connectivity index (χ0n) is 14.0. The van der Waals surface area contributed by atoms with E-state index in [1.165, 1.54) is 6.33 Å². The highest BCUT2D eigenvalue weighted by Crippen LogP contribution is 2.22. The van der Waals surface area contributed by atoms with Crippen LogP contribution in [0.25, 0.3) is 16.9 Å². The van der Waals surface area contributed by atoms with E-state index in [2.05, 4.69) is 25.3 Å². The van der Waals surface area contributed by atoms with Crippen molar-refractivity contribution in [3.63, 3.8) is 0 Å². The summed E-state index contributed by atoms with van der Waals surface area (Å²) < 4.78 is 3.60. The largest absolute Gasteiger partial charge is 0.328 e. The second-order valence-corrected chi connectivity index (χ2v) is 6.63. The van der Waals surface area contributed by atoms with Gasteiger partial charge in [-0.1, -0.05) is 11.6 Å². The van der Waals surface area contributed by atoms with Gasteiger partial charge in [-0.05, 0) is 18.2 Å². The molecular weight excluding hydrogens is 368 g/mol. The molecule has 1 aliphatic rings. The van der Waals surface area contributed by atoms with Gasteiger partial charge in [-0.2, -0.15) is 5.10 Å². The van der Waals surface area contributed by atoms with Gasteiger partial charge in [-0.3, -0.25) is 4.79 Å². The van der Waals surface area contributed by atoms with Crippen LogP contribution in [0.3, 0.4) is 0 Å². The molecule has 9 nitrogen and oxygen atoms in total. The molecule has 4 aromatic rings. The second-order valence-electron chi connectivity index (χ2n) is 6.19. The molecule has 5 rings (SSSR count). The highest BCUT2D eigenvalue weighted by Gasteiger charge is 2.27. The second kappa shape index (κ2) is 6.13. The molecule has 10 heteroatoms. The predicted octanol–water partition coefficient (Wildman–Crippen LogP) is 1.69. The molecule has 5 heterocycles. The first-order valence-corrected chi connectivity index (χ1v) is 8.68. The van der Waals surface area contributed by atoms with Crippen LogP contribution in [-0.2, 0) is 13.1 Å². The van der Waals surface area contributed by atoms with E-state index in [0.29, 0.717) is 36.2 Å². The number of halogens is 1. The van der Waals surface area contributed by atoms with Crippen LogP contribution in [0, 0.1) is 0 Å². The molecule has 0 aromatic carbocycles. The molecule has 0 atom stereocenters. The molecule has 27 heavy (non-hydrogen) atoms. The van der Waals surface area contributed by atoms with Crippen LogP contribution in [0.4, 0.5) is 0 Å². The minimum atomic E-state index is -0.145. The lowest BCUT2D eigenvalue weighted by Gasteiger charge is -2.27. The Morgan fingerprint density at radius 2 is 1.96 bits per heavy atom. The molecule has 0 aliphatic carbocycles. The monoisotopic (exact) mass is 380 g/mol. The van der Waals surface area contributed by atoms with Gasteiger partial charge in [0.2, 0.25) is 0 Å². The number of hydrogen-bond acceptors (Lipinski definition) is 6. The van der Waals surface area contributed by atoms with Crippen LogP contribution < -0.4 is 0 Å². The Labute approximate surface area is 158 Å². The van der Waals surface area contributed by atoms with E-state index < -0.39 is 0 Å². The van der Waals surface area contributed by atoms with Gasteiger partial charge in [0, 0.05) is 31.7 Å². The van der Waals surface area contributed by atoms with E-state index in [0.717, 1.165) is 16.9 Å². The SMILES string of the molecule is O=C(c1cc2ccc(Cl)cn2n1)N1CCn2c(nnc2-c2cncnc2)C1. The zero-order chi connectivity index (χ0) is 18.4. The van der Waals surface area contributed by atoms with Crippen molar-refractivity contribution in [2.24, 2.45) is 0 Å². The number of amides is 1. The average molecular weight is 381 g/mol. The number of aromatic nitrogens is 7. The number of pyridine rings is 1. The van der Waals surface area contributed by atoms with Crippen molar-refractivity contribution in [2.45, 2.75) is 13.1 Å². The zero-order valence-corrected chi connectivity index (χ0v) is 14.8. The van der Waals surface area contributed by atoms with Crippen molar-refractivity contribution in [2.75, 3.05) is 6.54 Å². The molecule has 0 N–H and O–H groups in total. The molecule has 0 unspecified atom stereocenters. The van der Waals surface area contributed by atoms with Gasteiger partial charge in [-0.25, -0.2) is 14.5 Å². The van der Waals surface area contributed by atoms with Crippen molar-refractivity contribution in [1.29, 1.82) is 0 Å². The van der Waals surface area contributed by atoms with Gasteiger partial charge >= 0.3 is 0 Å². The molecule has 0 saturated carbocycles. The molecular formula is C17H13ClN8O. The van der Waals surface area contributed by atoms with Crippen LogP contribution in [0.1, 0.15) is 16.3 Å². The summed E-state index contributed by atoms with van der Waals surface area (Å²) >= 11 is 5.98. The molecule has 0 saturated heterocycles. The third-order valence-corrected chi connectivity index (χ3v) is 4.73. The predicted molar refractivity (Wildman–Crippen MR) is 96.0 cm³/mol. The maximum atomic E-state index is 12.9. The first kappa shape index (κ1) is 15.9. The number of carbonyl (C=O) groups is 1. The van der Waals surface area contributed by atoms with Crippen molar-refractivity contribution in [1.82, 2.24) is 39.2 Å². The first-order chi connectivity index (χ1) is 13.2. The molecule has 4 aromatic heterocycles. The summed E-state index contributed by atoms with van der Waals surface area (Å²) in [6.45, 7) is 1.50. The van der Waals surface area contributed by atoms with Gasteiger partial charge < -0.3 is 9.47 Å². The summed E-state index contributed by atoms with van der Waals surface area (Å²) in [6, 6.07) is 5.35. The molecule has 1 amide bonds. The third kappa shape index (κ3) is 2.72. The van der Waals surface area contributed by atoms with Crippen molar-refractivity contribution >= 4 is 23.0 Å². The Morgan fingerprint density at radius 3 is 2.81 bits per heavy atom. The minimum absolute atomic E-state index is 0.145. The van der Waals surface area contributed by atoms with Crippen LogP contribution in [0.15, 0.2) is 43.1 Å². The molecule has 134 valence electrons. The lowest BCUT2D eigenvalue weighted by Crippen LogP contribution is -2.38. The highest BCUT2D eigenvalue weighted by atomic mass is 35.5. The number of fused-ring (bicyclic) bond motifs is 2. The highest BCUT2D eigenvalue weighted by molar-refractivity contribution is 6.30. The summed E-state index contributed by atoms with van der Waals surface area (Å²) in [5.74, 6) is 1.29. The summed E-state index contributed by atoms with van der Waals surface area (Å²) in [4.78, 5) is 22.6. The fourth-order valence-corrected chi connectivity index (χ4v) is 3.34. The van der Waals surface area contributed by atoms with Crippen molar-refractivity contribution in [3.05, 3.63) is 59.7 Å². The van der Waals surface area contributed by atoms with Gasteiger partial charge in [-0.15, -0.1) is 10.2 Å². The Hall–Kier alpha value is -3.33. The van der Waals surface area contributed by atoms with E-state index in [-0.39, 0.29) is 5.91 Å². The van der Waals surface area contributed by atoms with Crippen LogP contribution in [-0.4, -0.2) is 51.7 Å². The summed E-state index contributed by atoms with van der Waals surface area (Å²) in [5.41, 5.74) is 1.99. The van der Waals surface area contributed by atoms with E-state index in [9.17, 15) is 4.79 Å². The Balaban J connectivity index is 1.42. The standard InChI is InChI=1S/C17H13ClN8O/c18-12-1-2-13-5-14(23-26(13)8-12)17(27)24-3-4-25-15(9-24)21-22-16(25)11-6-19-10-20-7-11/h1-2,5-8,10H,3-4,9H2. The fraction of sp³-hybridized carbons (Fsp3) is 0.176. The van der Waals surface area contributed by atoms with E-state index >= 15 is 0 Å². The average Bonchev–Trinajstić information content (AvgIpc) is 3.31. The van der Waals surface area contributed by atoms with E-state index in [1.54, 1.807) is 40.1 Å². The molecule has 0 spiro atoms. The van der Waals surface area contributed by atoms with Gasteiger partial charge in [0.1, 0.15) is 6.33 Å². The van der Waals surface area contributed by atoms with Crippen molar-refractivity contribution in [3.8, 4) is 11.4 Å². The Kier molecular flexibility index (Phi) is 3.61. The third-order valence-electron chi connectivity index (χ3n) is 4.50. The molecule has 0 bridgehead atoms. The minimum Gasteiger partial charge on any atom is -0.328 e. The molecule has 0 radical (unpaired) electrons.